The molecule has 1 rings (SSSR count). The molecule has 0 spiro atoms. The lowest BCUT2D eigenvalue weighted by Crippen LogP contribution is -2.48. The van der Waals surface area contributed by atoms with E-state index < -0.39 is 21.2 Å². The van der Waals surface area contributed by atoms with Crippen molar-refractivity contribution in [1.82, 2.24) is 10.0 Å². The van der Waals surface area contributed by atoms with Crippen LogP contribution in [-0.4, -0.2) is 44.4 Å². The van der Waals surface area contributed by atoms with Crippen LogP contribution in [0.4, 0.5) is 0 Å². The Labute approximate surface area is 102 Å². The molecule has 1 saturated heterocycles. The Morgan fingerprint density at radius 2 is 2.24 bits per heavy atom. The fraction of sp³-hybridized carbons (Fsp3) is 0.900. The predicted octanol–water partition coefficient (Wildman–Crippen LogP) is -0.231. The van der Waals surface area contributed by atoms with Gasteiger partial charge in [0.15, 0.2) is 5.25 Å². The quantitative estimate of drug-likeness (QED) is 0.637. The molecule has 0 radical (unpaired) electrons. The number of aliphatic carboxylic acids is 1. The number of hydrogen-bond donors (Lipinski definition) is 3. The third-order valence-corrected chi connectivity index (χ3v) is 4.88. The van der Waals surface area contributed by atoms with E-state index in [2.05, 4.69) is 10.0 Å². The summed E-state index contributed by atoms with van der Waals surface area (Å²) < 4.78 is 25.7. The molecule has 1 aliphatic heterocycles. The van der Waals surface area contributed by atoms with Crippen LogP contribution in [0.3, 0.4) is 0 Å². The predicted molar refractivity (Wildman–Crippen MR) is 64.2 cm³/mol. The summed E-state index contributed by atoms with van der Waals surface area (Å²) in [5.41, 5.74) is -0.135. The van der Waals surface area contributed by atoms with Gasteiger partial charge in [-0.1, -0.05) is 6.92 Å². The molecule has 2 atom stereocenters. The number of carboxylic acids is 1. The molecule has 0 aromatic carbocycles. The first-order valence-electron chi connectivity index (χ1n) is 5.69. The van der Waals surface area contributed by atoms with Crippen LogP contribution in [0.25, 0.3) is 0 Å². The molecule has 0 aromatic heterocycles. The van der Waals surface area contributed by atoms with Crippen LogP contribution < -0.4 is 10.0 Å². The van der Waals surface area contributed by atoms with Crippen molar-refractivity contribution in [1.29, 1.82) is 0 Å². The van der Waals surface area contributed by atoms with Crippen molar-refractivity contribution < 1.29 is 18.3 Å². The number of nitrogens with one attached hydrogen (secondary N) is 2. The van der Waals surface area contributed by atoms with Gasteiger partial charge in [0.2, 0.25) is 10.0 Å². The van der Waals surface area contributed by atoms with Crippen LogP contribution in [0.5, 0.6) is 0 Å². The largest absolute Gasteiger partial charge is 0.480 e. The first-order chi connectivity index (χ1) is 7.77. The summed E-state index contributed by atoms with van der Waals surface area (Å²) in [5.74, 6) is -1.33. The van der Waals surface area contributed by atoms with E-state index >= 15 is 0 Å². The Bertz CT molecular complexity index is 374. The van der Waals surface area contributed by atoms with Gasteiger partial charge in [0, 0.05) is 13.1 Å². The van der Waals surface area contributed by atoms with Crippen LogP contribution in [0.15, 0.2) is 0 Å². The van der Waals surface area contributed by atoms with E-state index in [1.165, 1.54) is 6.92 Å². The molecule has 0 aromatic rings. The van der Waals surface area contributed by atoms with Gasteiger partial charge >= 0.3 is 5.97 Å². The maximum absolute atomic E-state index is 11.6. The molecular formula is C10H20N2O4S. The summed E-state index contributed by atoms with van der Waals surface area (Å²) in [6, 6.07) is 0. The summed E-state index contributed by atoms with van der Waals surface area (Å²) in [4.78, 5) is 10.6. The van der Waals surface area contributed by atoms with Crippen molar-refractivity contribution >= 4 is 16.0 Å². The molecular weight excluding hydrogens is 244 g/mol. The standard InChI is InChI=1S/C10H20N2O4S/c1-8(9(13)14)17(15,16)12-7-10(2)4-3-5-11-6-10/h8,11-12H,3-7H2,1-2H3,(H,13,14). The third kappa shape index (κ3) is 3.93. The van der Waals surface area contributed by atoms with Crippen molar-refractivity contribution in [2.75, 3.05) is 19.6 Å². The van der Waals surface area contributed by atoms with Crippen LogP contribution in [0, 0.1) is 5.41 Å². The van der Waals surface area contributed by atoms with Crippen LogP contribution >= 0.6 is 0 Å². The van der Waals surface area contributed by atoms with E-state index in [4.69, 9.17) is 5.11 Å². The van der Waals surface area contributed by atoms with E-state index in [1.807, 2.05) is 6.92 Å². The SMILES string of the molecule is CC(C(=O)O)S(=O)(=O)NCC1(C)CCCNC1. The third-order valence-electron chi connectivity index (χ3n) is 3.20. The van der Waals surface area contributed by atoms with E-state index in [-0.39, 0.29) is 12.0 Å². The molecule has 1 aliphatic rings. The van der Waals surface area contributed by atoms with E-state index in [9.17, 15) is 13.2 Å². The average Bonchev–Trinajstić information content (AvgIpc) is 2.27. The minimum Gasteiger partial charge on any atom is -0.480 e. The first kappa shape index (κ1) is 14.4. The minimum absolute atomic E-state index is 0.135. The highest BCUT2D eigenvalue weighted by molar-refractivity contribution is 7.90. The van der Waals surface area contributed by atoms with Gasteiger partial charge in [-0.3, -0.25) is 4.79 Å². The Kier molecular flexibility index (Phi) is 4.51. The second-order valence-corrected chi connectivity index (χ2v) is 7.02. The lowest BCUT2D eigenvalue weighted by atomic mass is 9.83. The van der Waals surface area contributed by atoms with Crippen molar-refractivity contribution in [3.63, 3.8) is 0 Å². The topological polar surface area (TPSA) is 95.5 Å². The van der Waals surface area contributed by atoms with Crippen LogP contribution in [0.2, 0.25) is 0 Å². The summed E-state index contributed by atoms with van der Waals surface area (Å²) in [6.07, 6.45) is 1.94. The van der Waals surface area contributed by atoms with Gasteiger partial charge in [-0.05, 0) is 31.7 Å². The van der Waals surface area contributed by atoms with Gasteiger partial charge < -0.3 is 10.4 Å². The van der Waals surface area contributed by atoms with Gasteiger partial charge in [0.25, 0.3) is 0 Å². The monoisotopic (exact) mass is 264 g/mol. The molecule has 3 N–H and O–H groups in total. The Morgan fingerprint density at radius 3 is 2.71 bits per heavy atom. The van der Waals surface area contributed by atoms with E-state index in [0.29, 0.717) is 0 Å². The van der Waals surface area contributed by atoms with Crippen molar-refractivity contribution in [2.24, 2.45) is 5.41 Å². The molecule has 2 unspecified atom stereocenters. The van der Waals surface area contributed by atoms with Crippen LogP contribution in [-0.2, 0) is 14.8 Å². The highest BCUT2D eigenvalue weighted by Gasteiger charge is 2.32. The zero-order chi connectivity index (χ0) is 13.1. The molecule has 0 aliphatic carbocycles. The van der Waals surface area contributed by atoms with Gasteiger partial charge in [0.1, 0.15) is 0 Å². The molecule has 1 heterocycles. The highest BCUT2D eigenvalue weighted by atomic mass is 32.2. The van der Waals surface area contributed by atoms with Gasteiger partial charge in [-0.25, -0.2) is 13.1 Å². The molecule has 0 amide bonds. The van der Waals surface area contributed by atoms with Gasteiger partial charge in [-0.2, -0.15) is 0 Å². The Hall–Kier alpha value is -0.660. The summed E-state index contributed by atoms with van der Waals surface area (Å²) in [7, 11) is -3.77. The summed E-state index contributed by atoms with van der Waals surface area (Å²) in [6.45, 7) is 5.14. The lowest BCUT2D eigenvalue weighted by Gasteiger charge is -2.34. The second kappa shape index (κ2) is 5.32. The highest BCUT2D eigenvalue weighted by Crippen LogP contribution is 2.24. The minimum atomic E-state index is -3.77. The van der Waals surface area contributed by atoms with Crippen molar-refractivity contribution in [3.8, 4) is 0 Å². The second-order valence-electron chi connectivity index (χ2n) is 4.94. The zero-order valence-corrected chi connectivity index (χ0v) is 11.0. The average molecular weight is 264 g/mol. The molecule has 1 fully saturated rings. The maximum Gasteiger partial charge on any atom is 0.323 e. The molecule has 100 valence electrons. The van der Waals surface area contributed by atoms with Crippen molar-refractivity contribution in [3.05, 3.63) is 0 Å². The molecule has 6 nitrogen and oxygen atoms in total. The number of rotatable bonds is 5. The van der Waals surface area contributed by atoms with Crippen LogP contribution in [0.1, 0.15) is 26.7 Å². The Balaban J connectivity index is 2.57. The Morgan fingerprint density at radius 1 is 1.59 bits per heavy atom. The van der Waals surface area contributed by atoms with E-state index in [0.717, 1.165) is 25.9 Å². The number of piperidine rings is 1. The fourth-order valence-corrected chi connectivity index (χ4v) is 2.87. The number of carboxylic acid groups (broad SMARTS) is 1. The summed E-state index contributed by atoms with van der Waals surface area (Å²) in [5, 5.41) is 10.5. The van der Waals surface area contributed by atoms with E-state index in [1.54, 1.807) is 0 Å². The molecule has 7 heteroatoms. The number of sulfonamides is 1. The number of hydrogen-bond acceptors (Lipinski definition) is 4. The lowest BCUT2D eigenvalue weighted by molar-refractivity contribution is -0.136. The number of carbonyl (C=O) groups is 1. The van der Waals surface area contributed by atoms with Gasteiger partial charge in [0.05, 0.1) is 0 Å². The summed E-state index contributed by atoms with van der Waals surface area (Å²) >= 11 is 0. The van der Waals surface area contributed by atoms with Gasteiger partial charge in [-0.15, -0.1) is 0 Å². The first-order valence-corrected chi connectivity index (χ1v) is 7.23. The zero-order valence-electron chi connectivity index (χ0n) is 10.2. The normalized spacial score (nSPS) is 27.6. The fourth-order valence-electron chi connectivity index (χ4n) is 1.80. The molecule has 17 heavy (non-hydrogen) atoms. The molecule has 0 bridgehead atoms. The molecule has 0 saturated carbocycles. The van der Waals surface area contributed by atoms with Crippen molar-refractivity contribution in [2.45, 2.75) is 31.9 Å². The smallest absolute Gasteiger partial charge is 0.323 e. The maximum atomic E-state index is 11.6.